The molecule has 0 bridgehead atoms. The van der Waals surface area contributed by atoms with Gasteiger partial charge in [-0.25, -0.2) is 9.37 Å². The lowest BCUT2D eigenvalue weighted by atomic mass is 10.2. The number of nitrogens with zero attached hydrogens (tertiary/aromatic N) is 2. The molecule has 0 aliphatic rings. The number of rotatable bonds is 3. The number of imidazole rings is 1. The molecule has 4 nitrogen and oxygen atoms in total. The van der Waals surface area contributed by atoms with Crippen LogP contribution in [0.1, 0.15) is 0 Å². The van der Waals surface area contributed by atoms with E-state index in [1.807, 2.05) is 0 Å². The molecule has 0 aliphatic carbocycles. The summed E-state index contributed by atoms with van der Waals surface area (Å²) in [5.74, 6) is -1.36. The van der Waals surface area contributed by atoms with E-state index in [1.165, 1.54) is 16.7 Å². The molecule has 1 aromatic heterocycles. The van der Waals surface area contributed by atoms with Gasteiger partial charge in [0.05, 0.1) is 21.6 Å². The zero-order chi connectivity index (χ0) is 15.0. The van der Waals surface area contributed by atoms with Gasteiger partial charge in [-0.2, -0.15) is 0 Å². The first-order valence-electron chi connectivity index (χ1n) is 6.19. The fourth-order valence-electron chi connectivity index (χ4n) is 2.27. The van der Waals surface area contributed by atoms with Crippen molar-refractivity contribution >= 4 is 28.6 Å². The van der Waals surface area contributed by atoms with Crippen LogP contribution < -0.4 is 0 Å². The first-order chi connectivity index (χ1) is 10.1. The Morgan fingerprint density at radius 2 is 2.00 bits per heavy atom. The third-order valence-electron chi connectivity index (χ3n) is 3.13. The summed E-state index contributed by atoms with van der Waals surface area (Å²) in [7, 11) is 0. The second kappa shape index (κ2) is 5.18. The highest BCUT2D eigenvalue weighted by Gasteiger charge is 2.19. The van der Waals surface area contributed by atoms with E-state index in [4.69, 9.17) is 16.7 Å². The van der Waals surface area contributed by atoms with Gasteiger partial charge in [0.1, 0.15) is 18.2 Å². The zero-order valence-corrected chi connectivity index (χ0v) is 11.5. The van der Waals surface area contributed by atoms with Crippen LogP contribution >= 0.6 is 11.6 Å². The third kappa shape index (κ3) is 2.36. The van der Waals surface area contributed by atoms with Crippen molar-refractivity contribution in [3.63, 3.8) is 0 Å². The van der Waals surface area contributed by atoms with Crippen LogP contribution in [0.5, 0.6) is 0 Å². The molecule has 1 heterocycles. The Morgan fingerprint density at radius 3 is 2.71 bits per heavy atom. The molecule has 1 N–H and O–H groups in total. The van der Waals surface area contributed by atoms with Crippen LogP contribution in [-0.4, -0.2) is 20.6 Å². The maximum atomic E-state index is 14.1. The molecular formula is C15H10ClFN2O2. The summed E-state index contributed by atoms with van der Waals surface area (Å²) in [5, 5.41) is 9.27. The van der Waals surface area contributed by atoms with Crippen LogP contribution in [0.2, 0.25) is 5.02 Å². The molecule has 0 amide bonds. The topological polar surface area (TPSA) is 55.1 Å². The van der Waals surface area contributed by atoms with Crippen LogP contribution in [0.3, 0.4) is 0 Å². The molecule has 0 saturated carbocycles. The number of benzene rings is 2. The zero-order valence-electron chi connectivity index (χ0n) is 10.8. The molecule has 0 fully saturated rings. The number of hydrogen-bond donors (Lipinski definition) is 1. The highest BCUT2D eigenvalue weighted by atomic mass is 35.5. The second-order valence-corrected chi connectivity index (χ2v) is 4.91. The number of carboxylic acid groups (broad SMARTS) is 1. The van der Waals surface area contributed by atoms with E-state index in [9.17, 15) is 9.18 Å². The van der Waals surface area contributed by atoms with Gasteiger partial charge in [-0.3, -0.25) is 4.79 Å². The minimum Gasteiger partial charge on any atom is -0.480 e. The Morgan fingerprint density at radius 1 is 1.24 bits per heavy atom. The van der Waals surface area contributed by atoms with Gasteiger partial charge in [0.25, 0.3) is 0 Å². The number of carbonyl (C=O) groups is 1. The Bertz CT molecular complexity index is 825. The van der Waals surface area contributed by atoms with E-state index in [-0.39, 0.29) is 23.0 Å². The molecule has 2 aromatic carbocycles. The fourth-order valence-corrected chi connectivity index (χ4v) is 2.52. The number of hydrogen-bond acceptors (Lipinski definition) is 2. The van der Waals surface area contributed by atoms with Gasteiger partial charge in [-0.15, -0.1) is 0 Å². The van der Waals surface area contributed by atoms with Crippen LogP contribution in [0.15, 0.2) is 42.5 Å². The Kier molecular flexibility index (Phi) is 3.35. The molecule has 106 valence electrons. The van der Waals surface area contributed by atoms with E-state index >= 15 is 0 Å². The maximum Gasteiger partial charge on any atom is 0.323 e. The van der Waals surface area contributed by atoms with Crippen LogP contribution in [0.4, 0.5) is 4.39 Å². The van der Waals surface area contributed by atoms with Crippen LogP contribution in [0.25, 0.3) is 22.4 Å². The standard InChI is InChI=1S/C15H10ClFN2O2/c16-9-4-3-5-10(17)14(9)15-18-11-6-1-2-7-12(11)19(15)8-13(20)21/h1-7H,8H2,(H,20,21). The highest BCUT2D eigenvalue weighted by Crippen LogP contribution is 2.32. The van der Waals surface area contributed by atoms with Gasteiger partial charge < -0.3 is 9.67 Å². The maximum absolute atomic E-state index is 14.1. The van der Waals surface area contributed by atoms with Gasteiger partial charge >= 0.3 is 5.97 Å². The summed E-state index contributed by atoms with van der Waals surface area (Å²) < 4.78 is 15.5. The number of halogens is 2. The van der Waals surface area contributed by atoms with E-state index < -0.39 is 11.8 Å². The first kappa shape index (κ1) is 13.6. The Labute approximate surface area is 124 Å². The highest BCUT2D eigenvalue weighted by molar-refractivity contribution is 6.33. The Balaban J connectivity index is 2.34. The van der Waals surface area contributed by atoms with E-state index in [2.05, 4.69) is 4.98 Å². The largest absolute Gasteiger partial charge is 0.480 e. The summed E-state index contributed by atoms with van der Waals surface area (Å²) in [6.07, 6.45) is 0. The first-order valence-corrected chi connectivity index (χ1v) is 6.57. The van der Waals surface area contributed by atoms with Gasteiger partial charge in [0.15, 0.2) is 0 Å². The van der Waals surface area contributed by atoms with Crippen molar-refractivity contribution in [1.82, 2.24) is 9.55 Å². The molecule has 0 saturated heterocycles. The average Bonchev–Trinajstić information content (AvgIpc) is 2.77. The minimum atomic E-state index is -1.04. The van der Waals surface area contributed by atoms with Crippen molar-refractivity contribution in [1.29, 1.82) is 0 Å². The minimum absolute atomic E-state index is 0.108. The number of fused-ring (bicyclic) bond motifs is 1. The summed E-state index contributed by atoms with van der Waals surface area (Å²) in [6, 6.07) is 11.3. The number of aromatic nitrogens is 2. The predicted molar refractivity (Wildman–Crippen MR) is 77.8 cm³/mol. The smallest absolute Gasteiger partial charge is 0.323 e. The number of aliphatic carboxylic acids is 1. The molecule has 0 unspecified atom stereocenters. The summed E-state index contributed by atoms with van der Waals surface area (Å²) in [4.78, 5) is 15.4. The number of para-hydroxylation sites is 2. The Hall–Kier alpha value is -2.40. The van der Waals surface area contributed by atoms with Gasteiger partial charge in [-0.05, 0) is 24.3 Å². The molecule has 3 aromatic rings. The quantitative estimate of drug-likeness (QED) is 0.804. The van der Waals surface area contributed by atoms with Crippen molar-refractivity contribution in [2.24, 2.45) is 0 Å². The number of carboxylic acids is 1. The monoisotopic (exact) mass is 304 g/mol. The van der Waals surface area contributed by atoms with Gasteiger partial charge in [-0.1, -0.05) is 29.8 Å². The van der Waals surface area contributed by atoms with E-state index in [0.717, 1.165) is 0 Å². The van der Waals surface area contributed by atoms with E-state index in [0.29, 0.717) is 11.0 Å². The molecule has 0 radical (unpaired) electrons. The molecule has 0 aliphatic heterocycles. The summed E-state index contributed by atoms with van der Waals surface area (Å²) >= 11 is 6.06. The molecule has 0 atom stereocenters. The second-order valence-electron chi connectivity index (χ2n) is 4.50. The van der Waals surface area contributed by atoms with Crippen molar-refractivity contribution in [2.45, 2.75) is 6.54 Å². The normalized spacial score (nSPS) is 11.0. The predicted octanol–water partition coefficient (Wildman–Crippen LogP) is 3.58. The lowest BCUT2D eigenvalue weighted by Gasteiger charge is -2.08. The molecule has 6 heteroatoms. The van der Waals surface area contributed by atoms with Crippen molar-refractivity contribution in [2.75, 3.05) is 0 Å². The SMILES string of the molecule is O=C(O)Cn1c(-c2c(F)cccc2Cl)nc2ccccc21. The molecular weight excluding hydrogens is 295 g/mol. The molecule has 3 rings (SSSR count). The van der Waals surface area contributed by atoms with Crippen molar-refractivity contribution < 1.29 is 14.3 Å². The lowest BCUT2D eigenvalue weighted by molar-refractivity contribution is -0.137. The van der Waals surface area contributed by atoms with E-state index in [1.54, 1.807) is 30.3 Å². The molecule has 0 spiro atoms. The molecule has 21 heavy (non-hydrogen) atoms. The summed E-state index contributed by atoms with van der Waals surface area (Å²) in [6.45, 7) is -0.319. The van der Waals surface area contributed by atoms with Gasteiger partial charge in [0.2, 0.25) is 0 Å². The van der Waals surface area contributed by atoms with Crippen LogP contribution in [0, 0.1) is 5.82 Å². The van der Waals surface area contributed by atoms with Crippen molar-refractivity contribution in [3.8, 4) is 11.4 Å². The average molecular weight is 305 g/mol. The van der Waals surface area contributed by atoms with Crippen LogP contribution in [-0.2, 0) is 11.3 Å². The third-order valence-corrected chi connectivity index (χ3v) is 3.45. The fraction of sp³-hybridized carbons (Fsp3) is 0.0667. The van der Waals surface area contributed by atoms with Crippen molar-refractivity contribution in [3.05, 3.63) is 53.3 Å². The summed E-state index contributed by atoms with van der Waals surface area (Å²) in [5.41, 5.74) is 1.32. The van der Waals surface area contributed by atoms with Gasteiger partial charge in [0, 0.05) is 0 Å². The lowest BCUT2D eigenvalue weighted by Crippen LogP contribution is -2.10.